The smallest absolute Gasteiger partial charge is 0.315 e. The fraction of sp³-hybridized carbons (Fsp3) is 0.440. The highest BCUT2D eigenvalue weighted by Gasteiger charge is 2.35. The molecule has 6 nitrogen and oxygen atoms in total. The van der Waals surface area contributed by atoms with Gasteiger partial charge in [0.05, 0.1) is 6.04 Å². The van der Waals surface area contributed by atoms with Gasteiger partial charge in [-0.1, -0.05) is 30.3 Å². The summed E-state index contributed by atoms with van der Waals surface area (Å²) in [5.41, 5.74) is 3.23. The second kappa shape index (κ2) is 12.8. The van der Waals surface area contributed by atoms with Crippen LogP contribution in [0.4, 0.5) is 10.5 Å². The zero-order valence-electron chi connectivity index (χ0n) is 19.6. The summed E-state index contributed by atoms with van der Waals surface area (Å²) in [6, 6.07) is 15.4. The van der Waals surface area contributed by atoms with Gasteiger partial charge < -0.3 is 20.9 Å². The van der Waals surface area contributed by atoms with E-state index in [2.05, 4.69) is 34.3 Å². The molecule has 3 rings (SSSR count). The molecule has 8 heteroatoms. The molecule has 178 valence electrons. The van der Waals surface area contributed by atoms with Crippen LogP contribution in [-0.4, -0.2) is 54.7 Å². The van der Waals surface area contributed by atoms with E-state index in [1.807, 2.05) is 54.6 Å². The third-order valence-electron chi connectivity index (χ3n) is 5.94. The average molecular weight is 487 g/mol. The Hall–Kier alpha value is -2.32. The Morgan fingerprint density at radius 2 is 1.88 bits per heavy atom. The summed E-state index contributed by atoms with van der Waals surface area (Å²) in [5.74, 6) is 0.818. The maximum absolute atomic E-state index is 13.6. The van der Waals surface area contributed by atoms with Crippen molar-refractivity contribution in [3.63, 3.8) is 0 Å². The first-order valence-corrected chi connectivity index (χ1v) is 13.9. The number of carbonyl (C=O) groups excluding carboxylic acids is 2. The number of hydrogen-bond donors (Lipinski definition) is 3. The second-order valence-corrected chi connectivity index (χ2v) is 9.87. The lowest BCUT2D eigenvalue weighted by Crippen LogP contribution is -2.51. The fourth-order valence-electron chi connectivity index (χ4n) is 4.17. The van der Waals surface area contributed by atoms with Crippen molar-refractivity contribution in [1.29, 1.82) is 0 Å². The van der Waals surface area contributed by atoms with E-state index in [0.29, 0.717) is 13.0 Å². The van der Waals surface area contributed by atoms with Crippen LogP contribution in [0, 0.1) is 0 Å². The molecular weight excluding hydrogens is 452 g/mol. The lowest BCUT2D eigenvalue weighted by atomic mass is 10.0. The van der Waals surface area contributed by atoms with E-state index in [0.717, 1.165) is 36.4 Å². The van der Waals surface area contributed by atoms with Crippen LogP contribution in [0.25, 0.3) is 0 Å². The van der Waals surface area contributed by atoms with Gasteiger partial charge in [-0.3, -0.25) is 4.79 Å². The van der Waals surface area contributed by atoms with Crippen LogP contribution in [0.2, 0.25) is 0 Å². The third kappa shape index (κ3) is 6.84. The molecule has 2 aromatic rings. The lowest BCUT2D eigenvalue weighted by molar-refractivity contribution is -0.134. The molecule has 1 fully saturated rings. The first-order chi connectivity index (χ1) is 16.1. The second-order valence-electron chi connectivity index (χ2n) is 8.04. The molecule has 3 N–H and O–H groups in total. The van der Waals surface area contributed by atoms with Crippen LogP contribution in [0.15, 0.2) is 53.4 Å². The Kier molecular flexibility index (Phi) is 9.81. The number of benzene rings is 2. The van der Waals surface area contributed by atoms with Gasteiger partial charge in [-0.05, 0) is 66.9 Å². The molecule has 1 aliphatic rings. The van der Waals surface area contributed by atoms with Gasteiger partial charge in [0.1, 0.15) is 6.04 Å². The summed E-state index contributed by atoms with van der Waals surface area (Å²) in [7, 11) is 1.87. The average Bonchev–Trinajstić information content (AvgIpc) is 3.34. The molecule has 2 unspecified atom stereocenters. The minimum absolute atomic E-state index is 0.0102. The van der Waals surface area contributed by atoms with Gasteiger partial charge in [0, 0.05) is 30.7 Å². The van der Waals surface area contributed by atoms with Crippen LogP contribution >= 0.6 is 23.5 Å². The topological polar surface area (TPSA) is 73.5 Å². The summed E-state index contributed by atoms with van der Waals surface area (Å²) < 4.78 is 0. The van der Waals surface area contributed by atoms with Gasteiger partial charge in [0.15, 0.2) is 0 Å². The monoisotopic (exact) mass is 486 g/mol. The third-order valence-corrected chi connectivity index (χ3v) is 7.40. The van der Waals surface area contributed by atoms with E-state index in [4.69, 9.17) is 0 Å². The number of carbonyl (C=O) groups is 2. The quantitative estimate of drug-likeness (QED) is 0.423. The van der Waals surface area contributed by atoms with Gasteiger partial charge >= 0.3 is 6.03 Å². The van der Waals surface area contributed by atoms with E-state index < -0.39 is 6.04 Å². The number of thioether (sulfide) groups is 2. The number of rotatable bonds is 10. The number of amides is 3. The van der Waals surface area contributed by atoms with Crippen molar-refractivity contribution >= 4 is 41.1 Å². The standard InChI is InChI=1S/C25H34N4O2S2/c1-26-19-12-10-18(11-13-19)17-27-25(31)28-21(14-16-32-2)24(30)29-15-6-8-22(29)20-7-4-5-9-23(20)33-3/h4-5,7,9-13,21-22,26H,6,8,14-17H2,1-3H3,(H2,27,28,31). The summed E-state index contributed by atoms with van der Waals surface area (Å²) in [6.07, 6.45) is 6.62. The highest BCUT2D eigenvalue weighted by molar-refractivity contribution is 7.98. The minimum atomic E-state index is -0.536. The highest BCUT2D eigenvalue weighted by Crippen LogP contribution is 2.37. The minimum Gasteiger partial charge on any atom is -0.388 e. The molecule has 1 aliphatic heterocycles. The Morgan fingerprint density at radius 3 is 2.58 bits per heavy atom. The Labute approximate surface area is 205 Å². The summed E-state index contributed by atoms with van der Waals surface area (Å²) in [5, 5.41) is 8.93. The van der Waals surface area contributed by atoms with E-state index in [9.17, 15) is 9.59 Å². The molecule has 2 atom stereocenters. The SMILES string of the molecule is CNc1ccc(CNC(=O)NC(CCSC)C(=O)N2CCCC2c2ccccc2SC)cc1. The molecule has 1 saturated heterocycles. The summed E-state index contributed by atoms with van der Waals surface area (Å²) in [4.78, 5) is 29.4. The summed E-state index contributed by atoms with van der Waals surface area (Å²) >= 11 is 3.39. The molecule has 0 aromatic heterocycles. The molecule has 33 heavy (non-hydrogen) atoms. The van der Waals surface area contributed by atoms with Gasteiger partial charge in [-0.2, -0.15) is 11.8 Å². The van der Waals surface area contributed by atoms with Crippen LogP contribution in [0.3, 0.4) is 0 Å². The lowest BCUT2D eigenvalue weighted by Gasteiger charge is -2.30. The number of nitrogens with zero attached hydrogens (tertiary/aromatic N) is 1. The van der Waals surface area contributed by atoms with Gasteiger partial charge in [-0.15, -0.1) is 11.8 Å². The number of urea groups is 1. The molecule has 0 aliphatic carbocycles. The van der Waals surface area contributed by atoms with Gasteiger partial charge in [0.2, 0.25) is 5.91 Å². The maximum Gasteiger partial charge on any atom is 0.315 e. The normalized spacial score (nSPS) is 16.3. The first kappa shape index (κ1) is 25.3. The number of nitrogens with one attached hydrogen (secondary N) is 3. The van der Waals surface area contributed by atoms with Crippen molar-refractivity contribution in [2.75, 3.05) is 37.2 Å². The van der Waals surface area contributed by atoms with Crippen LogP contribution in [-0.2, 0) is 11.3 Å². The molecule has 0 bridgehead atoms. The van der Waals surface area contributed by atoms with Crippen molar-refractivity contribution in [2.45, 2.75) is 42.8 Å². The van der Waals surface area contributed by atoms with Crippen molar-refractivity contribution in [3.05, 3.63) is 59.7 Å². The van der Waals surface area contributed by atoms with Crippen molar-refractivity contribution in [3.8, 4) is 0 Å². The molecule has 3 amide bonds. The Bertz CT molecular complexity index is 923. The van der Waals surface area contributed by atoms with Gasteiger partial charge in [-0.25, -0.2) is 4.79 Å². The van der Waals surface area contributed by atoms with E-state index >= 15 is 0 Å². The van der Waals surface area contributed by atoms with Crippen LogP contribution in [0.1, 0.15) is 36.4 Å². The van der Waals surface area contributed by atoms with Crippen molar-refractivity contribution in [2.24, 2.45) is 0 Å². The number of hydrogen-bond acceptors (Lipinski definition) is 5. The largest absolute Gasteiger partial charge is 0.388 e. The van der Waals surface area contributed by atoms with E-state index in [1.54, 1.807) is 23.5 Å². The Morgan fingerprint density at radius 1 is 1.12 bits per heavy atom. The molecule has 0 spiro atoms. The molecule has 1 heterocycles. The zero-order chi connectivity index (χ0) is 23.6. The van der Waals surface area contributed by atoms with E-state index in [1.165, 1.54) is 10.5 Å². The van der Waals surface area contributed by atoms with E-state index in [-0.39, 0.29) is 18.0 Å². The number of anilines is 1. The highest BCUT2D eigenvalue weighted by atomic mass is 32.2. The van der Waals surface area contributed by atoms with Crippen molar-refractivity contribution in [1.82, 2.24) is 15.5 Å². The zero-order valence-corrected chi connectivity index (χ0v) is 21.2. The van der Waals surface area contributed by atoms with Crippen molar-refractivity contribution < 1.29 is 9.59 Å². The fourth-order valence-corrected chi connectivity index (χ4v) is 5.30. The van der Waals surface area contributed by atoms with Gasteiger partial charge in [0.25, 0.3) is 0 Å². The molecular formula is C25H34N4O2S2. The predicted octanol–water partition coefficient (Wildman–Crippen LogP) is 4.73. The summed E-state index contributed by atoms with van der Waals surface area (Å²) in [6.45, 7) is 1.13. The van der Waals surface area contributed by atoms with Crippen LogP contribution in [0.5, 0.6) is 0 Å². The molecule has 0 saturated carbocycles. The molecule has 2 aromatic carbocycles. The maximum atomic E-state index is 13.6. The first-order valence-electron chi connectivity index (χ1n) is 11.3. The van der Waals surface area contributed by atoms with Crippen LogP contribution < -0.4 is 16.0 Å². The predicted molar refractivity (Wildman–Crippen MR) is 140 cm³/mol. The number of likely N-dealkylation sites (tertiary alicyclic amines) is 1. The Balaban J connectivity index is 1.66. The molecule has 0 radical (unpaired) electrons.